The molecule has 1 atom stereocenters. The Kier molecular flexibility index (Phi) is 3.84. The molecule has 1 rings (SSSR count). The van der Waals surface area contributed by atoms with Gasteiger partial charge in [0.15, 0.2) is 0 Å². The highest BCUT2D eigenvalue weighted by molar-refractivity contribution is 9.10. The highest BCUT2D eigenvalue weighted by atomic mass is 79.9. The lowest BCUT2D eigenvalue weighted by Gasteiger charge is -2.08. The molecule has 1 aromatic rings. The third-order valence-corrected chi connectivity index (χ3v) is 2.65. The average Bonchev–Trinajstić information content (AvgIpc) is 2.15. The fourth-order valence-corrected chi connectivity index (χ4v) is 1.83. The molecule has 0 spiro atoms. The van der Waals surface area contributed by atoms with Crippen LogP contribution in [-0.2, 0) is 4.79 Å². The fraction of sp³-hybridized carbons (Fsp3) is 0.273. The Balaban J connectivity index is 2.96. The van der Waals surface area contributed by atoms with Crippen molar-refractivity contribution in [2.45, 2.75) is 19.3 Å². The van der Waals surface area contributed by atoms with Crippen molar-refractivity contribution in [1.82, 2.24) is 0 Å². The van der Waals surface area contributed by atoms with Gasteiger partial charge in [-0.2, -0.15) is 5.26 Å². The number of carbonyl (C=O) groups is 1. The number of hydrogen-bond acceptors (Lipinski definition) is 2. The number of halogens is 1. The molecule has 0 aliphatic heterocycles. The number of nitriles is 1. The van der Waals surface area contributed by atoms with E-state index in [1.165, 1.54) is 6.92 Å². The number of nitrogens with zero attached hydrogens (tertiary/aromatic N) is 1. The predicted molar refractivity (Wildman–Crippen MR) is 57.8 cm³/mol. The molecular formula is C11H10BrNO. The van der Waals surface area contributed by atoms with E-state index < -0.39 is 0 Å². The maximum Gasteiger partial charge on any atom is 0.131 e. The first kappa shape index (κ1) is 10.9. The first-order valence-corrected chi connectivity index (χ1v) is 5.08. The normalized spacial score (nSPS) is 11.8. The standard InChI is InChI=1S/C11H10BrNO/c1-8(14)6-9(7-13)10-4-2-3-5-11(10)12/h2-5,9H,6H2,1H3. The fourth-order valence-electron chi connectivity index (χ4n) is 1.27. The Bertz CT molecular complexity index is 381. The number of rotatable bonds is 3. The Morgan fingerprint density at radius 3 is 2.71 bits per heavy atom. The van der Waals surface area contributed by atoms with Gasteiger partial charge in [-0.3, -0.25) is 4.79 Å². The van der Waals surface area contributed by atoms with Crippen molar-refractivity contribution < 1.29 is 4.79 Å². The molecule has 0 bridgehead atoms. The van der Waals surface area contributed by atoms with Gasteiger partial charge >= 0.3 is 0 Å². The minimum Gasteiger partial charge on any atom is -0.300 e. The maximum atomic E-state index is 10.9. The summed E-state index contributed by atoms with van der Waals surface area (Å²) in [4.78, 5) is 10.9. The van der Waals surface area contributed by atoms with Crippen LogP contribution in [-0.4, -0.2) is 5.78 Å². The molecule has 72 valence electrons. The van der Waals surface area contributed by atoms with Crippen LogP contribution in [0, 0.1) is 11.3 Å². The molecule has 3 heteroatoms. The van der Waals surface area contributed by atoms with E-state index >= 15 is 0 Å². The molecule has 1 aromatic carbocycles. The van der Waals surface area contributed by atoms with Crippen LogP contribution in [0.3, 0.4) is 0 Å². The van der Waals surface area contributed by atoms with Gasteiger partial charge in [-0.25, -0.2) is 0 Å². The second kappa shape index (κ2) is 4.92. The number of Topliss-reactive ketones (excluding diaryl/α,β-unsaturated/α-hetero) is 1. The van der Waals surface area contributed by atoms with Crippen molar-refractivity contribution >= 4 is 21.7 Å². The molecule has 0 amide bonds. The maximum absolute atomic E-state index is 10.9. The van der Waals surface area contributed by atoms with Crippen molar-refractivity contribution in [2.24, 2.45) is 0 Å². The number of ketones is 1. The van der Waals surface area contributed by atoms with E-state index in [-0.39, 0.29) is 18.1 Å². The lowest BCUT2D eigenvalue weighted by molar-refractivity contribution is -0.117. The van der Waals surface area contributed by atoms with Gasteiger partial charge in [0.1, 0.15) is 5.78 Å². The van der Waals surface area contributed by atoms with Gasteiger partial charge in [-0.15, -0.1) is 0 Å². The lowest BCUT2D eigenvalue weighted by Crippen LogP contribution is -2.02. The zero-order valence-corrected chi connectivity index (χ0v) is 9.41. The molecule has 0 N–H and O–H groups in total. The molecule has 0 saturated heterocycles. The van der Waals surface area contributed by atoms with Crippen molar-refractivity contribution in [3.8, 4) is 6.07 Å². The Morgan fingerprint density at radius 2 is 2.21 bits per heavy atom. The van der Waals surface area contributed by atoms with Gasteiger partial charge in [0, 0.05) is 10.9 Å². The summed E-state index contributed by atoms with van der Waals surface area (Å²) in [7, 11) is 0. The first-order chi connectivity index (χ1) is 6.65. The van der Waals surface area contributed by atoms with Gasteiger partial charge in [-0.05, 0) is 18.6 Å². The van der Waals surface area contributed by atoms with Crippen molar-refractivity contribution in [2.75, 3.05) is 0 Å². The quantitative estimate of drug-likeness (QED) is 0.829. The first-order valence-electron chi connectivity index (χ1n) is 4.28. The second-order valence-electron chi connectivity index (χ2n) is 3.11. The summed E-state index contributed by atoms with van der Waals surface area (Å²) < 4.78 is 0.882. The molecule has 0 heterocycles. The Morgan fingerprint density at radius 1 is 1.57 bits per heavy atom. The summed E-state index contributed by atoms with van der Waals surface area (Å²) in [6.07, 6.45) is 0.277. The smallest absolute Gasteiger partial charge is 0.131 e. The topological polar surface area (TPSA) is 40.9 Å². The van der Waals surface area contributed by atoms with E-state index in [0.29, 0.717) is 0 Å². The monoisotopic (exact) mass is 251 g/mol. The van der Waals surface area contributed by atoms with Gasteiger partial charge < -0.3 is 0 Å². The van der Waals surface area contributed by atoms with E-state index in [0.717, 1.165) is 10.0 Å². The van der Waals surface area contributed by atoms with Crippen LogP contribution in [0.1, 0.15) is 24.8 Å². The minimum absolute atomic E-state index is 0.0345. The third-order valence-electron chi connectivity index (χ3n) is 1.93. The van der Waals surface area contributed by atoms with Crippen LogP contribution in [0.2, 0.25) is 0 Å². The summed E-state index contributed by atoms with van der Waals surface area (Å²) in [6.45, 7) is 1.50. The van der Waals surface area contributed by atoms with Crippen LogP contribution in [0.4, 0.5) is 0 Å². The minimum atomic E-state index is -0.344. The average molecular weight is 252 g/mol. The summed E-state index contributed by atoms with van der Waals surface area (Å²) in [6, 6.07) is 9.63. The number of benzene rings is 1. The van der Waals surface area contributed by atoms with E-state index in [1.807, 2.05) is 24.3 Å². The molecule has 0 radical (unpaired) electrons. The van der Waals surface area contributed by atoms with Gasteiger partial charge in [0.2, 0.25) is 0 Å². The zero-order chi connectivity index (χ0) is 10.6. The Hall–Kier alpha value is -1.14. The summed E-state index contributed by atoms with van der Waals surface area (Å²) in [5.74, 6) is -0.310. The SMILES string of the molecule is CC(=O)CC(C#N)c1ccccc1Br. The van der Waals surface area contributed by atoms with Crippen molar-refractivity contribution in [3.05, 3.63) is 34.3 Å². The predicted octanol–water partition coefficient (Wildman–Crippen LogP) is 3.04. The van der Waals surface area contributed by atoms with E-state index in [1.54, 1.807) is 0 Å². The van der Waals surface area contributed by atoms with Crippen LogP contribution >= 0.6 is 15.9 Å². The van der Waals surface area contributed by atoms with Gasteiger partial charge in [0.25, 0.3) is 0 Å². The molecule has 1 unspecified atom stereocenters. The van der Waals surface area contributed by atoms with Gasteiger partial charge in [-0.1, -0.05) is 34.1 Å². The molecule has 0 aliphatic carbocycles. The van der Waals surface area contributed by atoms with Crippen molar-refractivity contribution in [3.63, 3.8) is 0 Å². The summed E-state index contributed by atoms with van der Waals surface area (Å²) in [5.41, 5.74) is 0.880. The molecule has 2 nitrogen and oxygen atoms in total. The Labute approximate surface area is 91.7 Å². The highest BCUT2D eigenvalue weighted by Gasteiger charge is 2.14. The molecule has 14 heavy (non-hydrogen) atoms. The van der Waals surface area contributed by atoms with Crippen LogP contribution in [0.25, 0.3) is 0 Å². The number of carbonyl (C=O) groups excluding carboxylic acids is 1. The third kappa shape index (κ3) is 2.68. The molecular weight excluding hydrogens is 242 g/mol. The molecule has 0 fully saturated rings. The van der Waals surface area contributed by atoms with E-state index in [4.69, 9.17) is 5.26 Å². The second-order valence-corrected chi connectivity index (χ2v) is 3.96. The molecule has 0 aliphatic rings. The molecule has 0 aromatic heterocycles. The van der Waals surface area contributed by atoms with Crippen LogP contribution in [0.5, 0.6) is 0 Å². The molecule has 0 saturated carbocycles. The summed E-state index contributed by atoms with van der Waals surface area (Å²) in [5, 5.41) is 8.93. The van der Waals surface area contributed by atoms with E-state index in [9.17, 15) is 4.79 Å². The zero-order valence-electron chi connectivity index (χ0n) is 7.83. The highest BCUT2D eigenvalue weighted by Crippen LogP contribution is 2.26. The van der Waals surface area contributed by atoms with E-state index in [2.05, 4.69) is 22.0 Å². The summed E-state index contributed by atoms with van der Waals surface area (Å²) >= 11 is 3.37. The van der Waals surface area contributed by atoms with Crippen LogP contribution in [0.15, 0.2) is 28.7 Å². The largest absolute Gasteiger partial charge is 0.300 e. The van der Waals surface area contributed by atoms with Crippen LogP contribution < -0.4 is 0 Å². The lowest BCUT2D eigenvalue weighted by atomic mass is 9.96. The number of hydrogen-bond donors (Lipinski definition) is 0. The van der Waals surface area contributed by atoms with Crippen molar-refractivity contribution in [1.29, 1.82) is 5.26 Å². The van der Waals surface area contributed by atoms with Gasteiger partial charge in [0.05, 0.1) is 12.0 Å².